The average Bonchev–Trinajstić information content (AvgIpc) is 2.42. The van der Waals surface area contributed by atoms with Gasteiger partial charge in [-0.15, -0.1) is 0 Å². The summed E-state index contributed by atoms with van der Waals surface area (Å²) in [5.41, 5.74) is 0. The third-order valence-electron chi connectivity index (χ3n) is 2.35. The lowest BCUT2D eigenvalue weighted by atomic mass is 10.3. The van der Waals surface area contributed by atoms with E-state index in [0.717, 1.165) is 18.6 Å². The van der Waals surface area contributed by atoms with Crippen LogP contribution in [-0.4, -0.2) is 16.5 Å². The zero-order valence-corrected chi connectivity index (χ0v) is 12.2. The summed E-state index contributed by atoms with van der Waals surface area (Å²) in [4.78, 5) is 8.17. The van der Waals surface area contributed by atoms with E-state index >= 15 is 0 Å². The quantitative estimate of drug-likeness (QED) is 0.886. The Hall–Kier alpha value is -1.76. The Bertz CT molecular complexity index is 610. The smallest absolute Gasteiger partial charge is 0.238 e. The number of nitrogens with zero attached hydrogens (tertiary/aromatic N) is 2. The van der Waals surface area contributed by atoms with Crippen molar-refractivity contribution in [3.8, 4) is 11.6 Å². The second-order valence-corrected chi connectivity index (χ2v) is 4.80. The van der Waals surface area contributed by atoms with Gasteiger partial charge < -0.3 is 10.1 Å². The molecule has 2 aromatic rings. The number of hydrogen-bond acceptors (Lipinski definition) is 4. The molecule has 0 aliphatic rings. The molecule has 0 bridgehead atoms. The Kier molecular flexibility index (Phi) is 4.84. The molecule has 0 radical (unpaired) electrons. The predicted molar refractivity (Wildman–Crippen MR) is 74.9 cm³/mol. The largest absolute Gasteiger partial charge is 0.435 e. The van der Waals surface area contributed by atoms with Crippen LogP contribution in [0.5, 0.6) is 11.6 Å². The molecule has 0 amide bonds. The van der Waals surface area contributed by atoms with E-state index in [1.165, 1.54) is 12.3 Å². The van der Waals surface area contributed by atoms with E-state index in [4.69, 9.17) is 4.74 Å². The molecule has 0 fully saturated rings. The molecule has 2 rings (SSSR count). The van der Waals surface area contributed by atoms with Gasteiger partial charge in [-0.3, -0.25) is 0 Å². The van der Waals surface area contributed by atoms with E-state index in [1.54, 1.807) is 0 Å². The fraction of sp³-hybridized carbons (Fsp3) is 0.231. The molecule has 1 aromatic carbocycles. The summed E-state index contributed by atoms with van der Waals surface area (Å²) in [6.45, 7) is 2.73. The van der Waals surface area contributed by atoms with Gasteiger partial charge in [0.25, 0.3) is 0 Å². The first-order valence-corrected chi connectivity index (χ1v) is 6.78. The maximum Gasteiger partial charge on any atom is 0.238 e. The standard InChI is InChI=1S/C13H12BrF2N3O/c1-2-5-17-13-18-7-9(14)12(19-13)20-11-4-3-8(15)6-10(11)16/h3-4,6-7H,2,5H2,1H3,(H,17,18,19). The van der Waals surface area contributed by atoms with Crippen LogP contribution in [0.25, 0.3) is 0 Å². The van der Waals surface area contributed by atoms with Gasteiger partial charge in [0.15, 0.2) is 11.6 Å². The second-order valence-electron chi connectivity index (χ2n) is 3.95. The fourth-order valence-electron chi connectivity index (χ4n) is 1.41. The summed E-state index contributed by atoms with van der Waals surface area (Å²) in [7, 11) is 0. The van der Waals surface area contributed by atoms with Gasteiger partial charge in [-0.1, -0.05) is 6.92 Å². The average molecular weight is 344 g/mol. The topological polar surface area (TPSA) is 47.0 Å². The van der Waals surface area contributed by atoms with Gasteiger partial charge in [0, 0.05) is 12.6 Å². The summed E-state index contributed by atoms with van der Waals surface area (Å²) >= 11 is 3.22. The molecule has 106 valence electrons. The first kappa shape index (κ1) is 14.6. The highest BCUT2D eigenvalue weighted by Crippen LogP contribution is 2.29. The van der Waals surface area contributed by atoms with Gasteiger partial charge >= 0.3 is 0 Å². The number of ether oxygens (including phenoxy) is 1. The Labute approximate surface area is 123 Å². The molecule has 0 unspecified atom stereocenters. The van der Waals surface area contributed by atoms with Crippen LogP contribution in [0.2, 0.25) is 0 Å². The number of rotatable bonds is 5. The van der Waals surface area contributed by atoms with E-state index in [1.807, 2.05) is 6.92 Å². The highest BCUT2D eigenvalue weighted by atomic mass is 79.9. The third-order valence-corrected chi connectivity index (χ3v) is 2.89. The number of hydrogen-bond donors (Lipinski definition) is 1. The second kappa shape index (κ2) is 6.60. The van der Waals surface area contributed by atoms with Crippen molar-refractivity contribution in [2.24, 2.45) is 0 Å². The molecular formula is C13H12BrF2N3O. The first-order valence-electron chi connectivity index (χ1n) is 5.99. The highest BCUT2D eigenvalue weighted by molar-refractivity contribution is 9.10. The third kappa shape index (κ3) is 3.63. The molecule has 0 saturated heterocycles. The number of benzene rings is 1. The number of nitrogens with one attached hydrogen (secondary N) is 1. The Morgan fingerprint density at radius 2 is 2.15 bits per heavy atom. The van der Waals surface area contributed by atoms with Crippen molar-refractivity contribution in [3.63, 3.8) is 0 Å². The monoisotopic (exact) mass is 343 g/mol. The summed E-state index contributed by atoms with van der Waals surface area (Å²) in [6, 6.07) is 3.07. The molecule has 1 aromatic heterocycles. The van der Waals surface area contributed by atoms with Gasteiger partial charge in [0.1, 0.15) is 5.82 Å². The lowest BCUT2D eigenvalue weighted by molar-refractivity contribution is 0.421. The van der Waals surface area contributed by atoms with E-state index in [-0.39, 0.29) is 11.6 Å². The maximum absolute atomic E-state index is 13.5. The molecule has 0 atom stereocenters. The maximum atomic E-state index is 13.5. The SMILES string of the molecule is CCCNc1ncc(Br)c(Oc2ccc(F)cc2F)n1. The van der Waals surface area contributed by atoms with Crippen molar-refractivity contribution in [1.82, 2.24) is 9.97 Å². The molecule has 20 heavy (non-hydrogen) atoms. The van der Waals surface area contributed by atoms with Crippen LogP contribution >= 0.6 is 15.9 Å². The van der Waals surface area contributed by atoms with Crippen LogP contribution in [0.3, 0.4) is 0 Å². The fourth-order valence-corrected chi connectivity index (χ4v) is 1.68. The minimum atomic E-state index is -0.793. The van der Waals surface area contributed by atoms with E-state index in [9.17, 15) is 8.78 Å². The van der Waals surface area contributed by atoms with Crippen LogP contribution < -0.4 is 10.1 Å². The van der Waals surface area contributed by atoms with Crippen molar-refractivity contribution in [1.29, 1.82) is 0 Å². The van der Waals surface area contributed by atoms with Gasteiger partial charge in [-0.25, -0.2) is 13.8 Å². The number of halogens is 3. The lowest BCUT2D eigenvalue weighted by Gasteiger charge is -2.09. The number of aromatic nitrogens is 2. The minimum absolute atomic E-state index is 0.104. The van der Waals surface area contributed by atoms with Crippen molar-refractivity contribution in [2.45, 2.75) is 13.3 Å². The van der Waals surface area contributed by atoms with Gasteiger partial charge in [0.05, 0.1) is 10.7 Å². The van der Waals surface area contributed by atoms with Gasteiger partial charge in [0.2, 0.25) is 11.8 Å². The molecule has 7 heteroatoms. The van der Waals surface area contributed by atoms with Crippen LogP contribution in [0.15, 0.2) is 28.9 Å². The Balaban J connectivity index is 2.23. The summed E-state index contributed by atoms with van der Waals surface area (Å²) in [5.74, 6) is -1.02. The molecule has 0 aliphatic heterocycles. The first-order chi connectivity index (χ1) is 9.60. The van der Waals surface area contributed by atoms with Crippen molar-refractivity contribution >= 4 is 21.9 Å². The van der Waals surface area contributed by atoms with Crippen molar-refractivity contribution in [2.75, 3.05) is 11.9 Å². The zero-order valence-electron chi connectivity index (χ0n) is 10.7. The molecule has 1 heterocycles. The summed E-state index contributed by atoms with van der Waals surface area (Å²) < 4.78 is 32.2. The van der Waals surface area contributed by atoms with Crippen LogP contribution in [0.4, 0.5) is 14.7 Å². The molecule has 0 spiro atoms. The van der Waals surface area contributed by atoms with Gasteiger partial charge in [-0.05, 0) is 34.5 Å². The molecule has 0 saturated carbocycles. The zero-order chi connectivity index (χ0) is 14.5. The Morgan fingerprint density at radius 1 is 1.35 bits per heavy atom. The van der Waals surface area contributed by atoms with Gasteiger partial charge in [-0.2, -0.15) is 4.98 Å². The van der Waals surface area contributed by atoms with Crippen LogP contribution in [0.1, 0.15) is 13.3 Å². The predicted octanol–water partition coefficient (Wildman–Crippen LogP) is 4.13. The minimum Gasteiger partial charge on any atom is -0.435 e. The van der Waals surface area contributed by atoms with E-state index < -0.39 is 11.6 Å². The number of anilines is 1. The van der Waals surface area contributed by atoms with Crippen LogP contribution in [-0.2, 0) is 0 Å². The van der Waals surface area contributed by atoms with Crippen molar-refractivity contribution < 1.29 is 13.5 Å². The van der Waals surface area contributed by atoms with E-state index in [0.29, 0.717) is 17.0 Å². The summed E-state index contributed by atoms with van der Waals surface area (Å²) in [5, 5.41) is 2.99. The molecule has 4 nitrogen and oxygen atoms in total. The molecule has 0 aliphatic carbocycles. The molecule has 1 N–H and O–H groups in total. The summed E-state index contributed by atoms with van der Waals surface area (Å²) in [6.07, 6.45) is 2.42. The van der Waals surface area contributed by atoms with Crippen molar-refractivity contribution in [3.05, 3.63) is 40.5 Å². The normalized spacial score (nSPS) is 10.4. The van der Waals surface area contributed by atoms with E-state index in [2.05, 4.69) is 31.2 Å². The lowest BCUT2D eigenvalue weighted by Crippen LogP contribution is -2.05. The van der Waals surface area contributed by atoms with Crippen LogP contribution in [0, 0.1) is 11.6 Å². The highest BCUT2D eigenvalue weighted by Gasteiger charge is 2.11. The Morgan fingerprint density at radius 3 is 2.85 bits per heavy atom. The molecular weight excluding hydrogens is 332 g/mol.